The van der Waals surface area contributed by atoms with Gasteiger partial charge in [-0.25, -0.2) is 9.97 Å². The smallest absolute Gasteiger partial charge is 0.166 e. The van der Waals surface area contributed by atoms with Gasteiger partial charge in [0.15, 0.2) is 11.6 Å². The molecule has 10 nitrogen and oxygen atoms in total. The van der Waals surface area contributed by atoms with Crippen molar-refractivity contribution in [3.63, 3.8) is 0 Å². The van der Waals surface area contributed by atoms with Crippen LogP contribution in [0.1, 0.15) is 22.3 Å². The molecular formula is C38H32N10. The molecule has 0 spiro atoms. The van der Waals surface area contributed by atoms with Crippen LogP contribution in [0.25, 0.3) is 44.3 Å². The molecule has 0 amide bonds. The van der Waals surface area contributed by atoms with E-state index in [0.717, 1.165) is 49.9 Å². The summed E-state index contributed by atoms with van der Waals surface area (Å²) >= 11 is 0. The Bertz CT molecular complexity index is 2350. The highest BCUT2D eigenvalue weighted by molar-refractivity contribution is 5.83. The van der Waals surface area contributed by atoms with E-state index in [1.54, 1.807) is 12.4 Å². The highest BCUT2D eigenvalue weighted by Crippen LogP contribution is 2.30. The minimum absolute atomic E-state index is 0.542. The molecule has 4 heterocycles. The molecule has 0 aliphatic heterocycles. The molecule has 0 fully saturated rings. The SMILES string of the molecule is Cc1cccc(CN(c2cnc3cc(-c4cn[nH]c4)ccc3n2)N(Cc2ccccc2C)c2cnc3cc(-c4cn[nH]c4)ccc3n2)c1. The number of H-pyrrole nitrogens is 2. The molecule has 234 valence electrons. The quantitative estimate of drug-likeness (QED) is 0.157. The summed E-state index contributed by atoms with van der Waals surface area (Å²) < 4.78 is 0. The van der Waals surface area contributed by atoms with Crippen molar-refractivity contribution in [3.05, 3.63) is 144 Å². The zero-order chi connectivity index (χ0) is 32.5. The monoisotopic (exact) mass is 628 g/mol. The van der Waals surface area contributed by atoms with Gasteiger partial charge in [0.25, 0.3) is 0 Å². The number of benzene rings is 4. The lowest BCUT2D eigenvalue weighted by atomic mass is 10.1. The van der Waals surface area contributed by atoms with Crippen molar-refractivity contribution in [1.29, 1.82) is 0 Å². The van der Waals surface area contributed by atoms with Crippen molar-refractivity contribution in [1.82, 2.24) is 40.3 Å². The van der Waals surface area contributed by atoms with Gasteiger partial charge in [0.1, 0.15) is 0 Å². The number of nitrogens with zero attached hydrogens (tertiary/aromatic N) is 8. The highest BCUT2D eigenvalue weighted by Gasteiger charge is 2.23. The lowest BCUT2D eigenvalue weighted by Gasteiger charge is -2.37. The summed E-state index contributed by atoms with van der Waals surface area (Å²) in [4.78, 5) is 20.2. The first-order valence-electron chi connectivity index (χ1n) is 15.7. The Morgan fingerprint density at radius 1 is 0.542 bits per heavy atom. The maximum Gasteiger partial charge on any atom is 0.166 e. The van der Waals surface area contributed by atoms with Crippen LogP contribution in [-0.4, -0.2) is 40.3 Å². The van der Waals surface area contributed by atoms with Crippen LogP contribution in [0, 0.1) is 13.8 Å². The lowest BCUT2D eigenvalue weighted by Crippen LogP contribution is -2.43. The van der Waals surface area contributed by atoms with Crippen LogP contribution in [0.5, 0.6) is 0 Å². The molecule has 2 N–H and O–H groups in total. The highest BCUT2D eigenvalue weighted by atomic mass is 15.7. The fourth-order valence-corrected chi connectivity index (χ4v) is 5.94. The third-order valence-corrected chi connectivity index (χ3v) is 8.54. The van der Waals surface area contributed by atoms with Crippen molar-refractivity contribution < 1.29 is 0 Å². The van der Waals surface area contributed by atoms with Gasteiger partial charge >= 0.3 is 0 Å². The van der Waals surface area contributed by atoms with Gasteiger partial charge in [0.05, 0.1) is 59.9 Å². The molecule has 0 atom stereocenters. The molecule has 0 unspecified atom stereocenters. The van der Waals surface area contributed by atoms with Crippen molar-refractivity contribution in [3.8, 4) is 22.3 Å². The first-order chi connectivity index (χ1) is 23.6. The number of fused-ring (bicyclic) bond motifs is 2. The molecule has 0 saturated carbocycles. The van der Waals surface area contributed by atoms with Gasteiger partial charge in [-0.05, 0) is 65.9 Å². The second-order valence-corrected chi connectivity index (χ2v) is 11.9. The number of hydrogen-bond acceptors (Lipinski definition) is 8. The van der Waals surface area contributed by atoms with Crippen molar-refractivity contribution in [2.24, 2.45) is 0 Å². The molecular weight excluding hydrogens is 596 g/mol. The van der Waals surface area contributed by atoms with Crippen molar-refractivity contribution >= 4 is 33.7 Å². The van der Waals surface area contributed by atoms with Gasteiger partial charge in [0.2, 0.25) is 0 Å². The number of hydrogen-bond donors (Lipinski definition) is 2. The van der Waals surface area contributed by atoms with E-state index in [9.17, 15) is 0 Å². The second kappa shape index (κ2) is 12.4. The summed E-state index contributed by atoms with van der Waals surface area (Å²) in [7, 11) is 0. The number of hydrazine groups is 1. The van der Waals surface area contributed by atoms with Gasteiger partial charge in [-0.15, -0.1) is 0 Å². The molecule has 10 heteroatoms. The normalized spacial score (nSPS) is 11.3. The number of nitrogens with one attached hydrogen (secondary N) is 2. The minimum atomic E-state index is 0.542. The van der Waals surface area contributed by atoms with Gasteiger partial charge in [-0.2, -0.15) is 10.2 Å². The van der Waals surface area contributed by atoms with Crippen molar-refractivity contribution in [2.75, 3.05) is 10.0 Å². The van der Waals surface area contributed by atoms with E-state index in [2.05, 4.69) is 98.9 Å². The van der Waals surface area contributed by atoms with Crippen LogP contribution in [0.3, 0.4) is 0 Å². The van der Waals surface area contributed by atoms with Crippen LogP contribution in [0.15, 0.2) is 122 Å². The summed E-state index contributed by atoms with van der Waals surface area (Å²) in [5, 5.41) is 18.3. The van der Waals surface area contributed by atoms with Crippen LogP contribution in [0.4, 0.5) is 11.6 Å². The van der Waals surface area contributed by atoms with E-state index in [4.69, 9.17) is 19.9 Å². The van der Waals surface area contributed by atoms with E-state index in [-0.39, 0.29) is 0 Å². The average molecular weight is 629 g/mol. The standard InChI is InChI=1S/C38H32N10/c1-25-6-5-8-27(14-25)23-47(37-21-39-35-15-28(10-12-33(35)45-37)31-17-41-42-18-31)48(24-30-9-4-3-7-26(30)2)38-22-40-36-16-29(11-13-34(36)46-38)32-19-43-44-20-32/h3-22H,23-24H2,1-2H3,(H,41,42)(H,43,44). The van der Waals surface area contributed by atoms with E-state index >= 15 is 0 Å². The number of anilines is 2. The summed E-state index contributed by atoms with van der Waals surface area (Å²) in [5.41, 5.74) is 11.9. The summed E-state index contributed by atoms with van der Waals surface area (Å²) in [5.74, 6) is 1.40. The fourth-order valence-electron chi connectivity index (χ4n) is 5.94. The molecule has 0 aliphatic rings. The average Bonchev–Trinajstić information content (AvgIpc) is 3.86. The summed E-state index contributed by atoms with van der Waals surface area (Å²) in [6.45, 7) is 5.33. The predicted molar refractivity (Wildman–Crippen MR) is 189 cm³/mol. The third kappa shape index (κ3) is 5.82. The maximum absolute atomic E-state index is 5.17. The number of aromatic nitrogens is 8. The van der Waals surface area contributed by atoms with E-state index < -0.39 is 0 Å². The maximum atomic E-state index is 5.17. The molecule has 4 aromatic carbocycles. The van der Waals surface area contributed by atoms with Gasteiger partial charge in [-0.3, -0.25) is 30.2 Å². The molecule has 0 radical (unpaired) electrons. The zero-order valence-corrected chi connectivity index (χ0v) is 26.5. The molecule has 0 saturated heterocycles. The zero-order valence-electron chi connectivity index (χ0n) is 26.5. The van der Waals surface area contributed by atoms with Crippen LogP contribution in [-0.2, 0) is 13.1 Å². The number of aromatic amines is 2. The Morgan fingerprint density at radius 2 is 1.15 bits per heavy atom. The van der Waals surface area contributed by atoms with Crippen LogP contribution in [0.2, 0.25) is 0 Å². The molecule has 8 aromatic rings. The topological polar surface area (TPSA) is 115 Å². The van der Waals surface area contributed by atoms with E-state index in [1.165, 1.54) is 16.7 Å². The summed E-state index contributed by atoms with van der Waals surface area (Å²) in [6.07, 6.45) is 11.0. The molecule has 4 aromatic heterocycles. The number of aryl methyl sites for hydroxylation is 2. The van der Waals surface area contributed by atoms with Crippen molar-refractivity contribution in [2.45, 2.75) is 26.9 Å². The second-order valence-electron chi connectivity index (χ2n) is 11.9. The van der Waals surface area contributed by atoms with Gasteiger partial charge in [-0.1, -0.05) is 66.2 Å². The lowest BCUT2D eigenvalue weighted by molar-refractivity contribution is 0.687. The number of rotatable bonds is 9. The first-order valence-corrected chi connectivity index (χ1v) is 15.7. The van der Waals surface area contributed by atoms with Gasteiger partial charge < -0.3 is 0 Å². The largest absolute Gasteiger partial charge is 0.285 e. The van der Waals surface area contributed by atoms with Crippen LogP contribution < -0.4 is 10.0 Å². The third-order valence-electron chi connectivity index (χ3n) is 8.54. The van der Waals surface area contributed by atoms with E-state index in [1.807, 2.05) is 55.1 Å². The van der Waals surface area contributed by atoms with E-state index in [0.29, 0.717) is 24.7 Å². The van der Waals surface area contributed by atoms with Crippen LogP contribution >= 0.6 is 0 Å². The Balaban J connectivity index is 1.26. The Kier molecular flexibility index (Phi) is 7.50. The first kappa shape index (κ1) is 29.0. The molecule has 48 heavy (non-hydrogen) atoms. The Labute approximate surface area is 277 Å². The minimum Gasteiger partial charge on any atom is -0.285 e. The van der Waals surface area contributed by atoms with Gasteiger partial charge in [0, 0.05) is 23.5 Å². The summed E-state index contributed by atoms with van der Waals surface area (Å²) in [6, 6.07) is 29.2. The molecule has 8 rings (SSSR count). The Hall–Kier alpha value is -6.42. The molecule has 0 bridgehead atoms. The molecule has 0 aliphatic carbocycles. The fraction of sp³-hybridized carbons (Fsp3) is 0.105. The Morgan fingerprint density at radius 3 is 1.71 bits per heavy atom. The predicted octanol–water partition coefficient (Wildman–Crippen LogP) is 7.60.